The van der Waals surface area contributed by atoms with Crippen molar-refractivity contribution < 1.29 is 19.1 Å². The van der Waals surface area contributed by atoms with Gasteiger partial charge in [0.1, 0.15) is 10.9 Å². The molecule has 1 aliphatic rings. The summed E-state index contributed by atoms with van der Waals surface area (Å²) in [5, 5.41) is 3.25. The average molecular weight is 448 g/mol. The van der Waals surface area contributed by atoms with Crippen LogP contribution in [0.3, 0.4) is 0 Å². The van der Waals surface area contributed by atoms with E-state index in [4.69, 9.17) is 16.3 Å². The molecule has 1 unspecified atom stereocenters. The Balaban J connectivity index is 2.06. The summed E-state index contributed by atoms with van der Waals surface area (Å²) < 4.78 is 5.78. The number of rotatable bonds is 8. The fourth-order valence-corrected chi connectivity index (χ4v) is 3.48. The minimum atomic E-state index is -0.564. The molecular formula is C23H30ClN3O4. The van der Waals surface area contributed by atoms with Gasteiger partial charge in [0.25, 0.3) is 11.8 Å². The summed E-state index contributed by atoms with van der Waals surface area (Å²) in [6.45, 7) is 8.27. The minimum absolute atomic E-state index is 0.224. The Hall–Kier alpha value is -2.51. The molecule has 1 fully saturated rings. The van der Waals surface area contributed by atoms with Crippen LogP contribution in [-0.4, -0.2) is 60.1 Å². The topological polar surface area (TPSA) is 88.1 Å². The lowest BCUT2D eigenvalue weighted by Crippen LogP contribution is -2.57. The highest BCUT2D eigenvalue weighted by atomic mass is 35.5. The van der Waals surface area contributed by atoms with E-state index in [-0.39, 0.29) is 24.2 Å². The zero-order valence-corrected chi connectivity index (χ0v) is 19.2. The SMILES string of the molecule is CCOC1CN(C(=O)C(=O)c2ccccc2)CC[C@H]1NC(=O)/C(C)=N/C(Cl)=C(\C)CC. The number of hydrogen-bond acceptors (Lipinski definition) is 5. The largest absolute Gasteiger partial charge is 0.375 e. The van der Waals surface area contributed by atoms with Crippen molar-refractivity contribution in [1.82, 2.24) is 10.2 Å². The van der Waals surface area contributed by atoms with Gasteiger partial charge in [-0.25, -0.2) is 4.99 Å². The van der Waals surface area contributed by atoms with Crippen molar-refractivity contribution in [2.24, 2.45) is 4.99 Å². The van der Waals surface area contributed by atoms with Gasteiger partial charge in [0.2, 0.25) is 5.78 Å². The number of aliphatic imine (C=N–C) groups is 1. The smallest absolute Gasteiger partial charge is 0.295 e. The molecule has 8 heteroatoms. The molecule has 1 aromatic rings. The highest BCUT2D eigenvalue weighted by Gasteiger charge is 2.35. The summed E-state index contributed by atoms with van der Waals surface area (Å²) in [5.74, 6) is -1.45. The number of Topliss-reactive ketones (excluding diaryl/α,β-unsaturated/α-hetero) is 1. The van der Waals surface area contributed by atoms with Crippen molar-refractivity contribution in [1.29, 1.82) is 0 Å². The molecule has 1 aliphatic heterocycles. The lowest BCUT2D eigenvalue weighted by molar-refractivity contribution is -0.132. The number of ether oxygens (including phenoxy) is 1. The van der Waals surface area contributed by atoms with Crippen molar-refractivity contribution in [3.63, 3.8) is 0 Å². The minimum Gasteiger partial charge on any atom is -0.375 e. The number of carbonyl (C=O) groups excluding carboxylic acids is 3. The van der Waals surface area contributed by atoms with Crippen LogP contribution in [0.25, 0.3) is 0 Å². The predicted octanol–water partition coefficient (Wildman–Crippen LogP) is 3.33. The van der Waals surface area contributed by atoms with Gasteiger partial charge in [0, 0.05) is 25.3 Å². The molecule has 1 aromatic carbocycles. The lowest BCUT2D eigenvalue weighted by Gasteiger charge is -2.38. The number of carbonyl (C=O) groups is 3. The number of allylic oxidation sites excluding steroid dienone is 1. The maximum atomic E-state index is 12.7. The van der Waals surface area contributed by atoms with E-state index in [2.05, 4.69) is 10.3 Å². The van der Waals surface area contributed by atoms with Crippen molar-refractivity contribution in [3.8, 4) is 0 Å². The maximum absolute atomic E-state index is 12.7. The van der Waals surface area contributed by atoms with Crippen LogP contribution in [0.4, 0.5) is 0 Å². The number of piperidine rings is 1. The summed E-state index contributed by atoms with van der Waals surface area (Å²) in [5.41, 5.74) is 1.51. The van der Waals surface area contributed by atoms with Crippen LogP contribution in [0, 0.1) is 0 Å². The van der Waals surface area contributed by atoms with Gasteiger partial charge in [0.15, 0.2) is 0 Å². The van der Waals surface area contributed by atoms with Gasteiger partial charge >= 0.3 is 0 Å². The first kappa shape index (κ1) is 24.8. The number of amides is 2. The van der Waals surface area contributed by atoms with Crippen LogP contribution in [0.1, 0.15) is 50.9 Å². The molecule has 1 heterocycles. The molecular weight excluding hydrogens is 418 g/mol. The molecule has 0 bridgehead atoms. The van der Waals surface area contributed by atoms with Gasteiger partial charge in [-0.1, -0.05) is 48.9 Å². The van der Waals surface area contributed by atoms with Crippen molar-refractivity contribution >= 4 is 34.9 Å². The van der Waals surface area contributed by atoms with Crippen LogP contribution >= 0.6 is 11.6 Å². The monoisotopic (exact) mass is 447 g/mol. The second kappa shape index (κ2) is 11.8. The third-order valence-corrected chi connectivity index (χ3v) is 5.66. The molecule has 0 aromatic heterocycles. The van der Waals surface area contributed by atoms with Crippen LogP contribution in [0.5, 0.6) is 0 Å². The van der Waals surface area contributed by atoms with E-state index in [1.54, 1.807) is 37.3 Å². The quantitative estimate of drug-likeness (QED) is 0.286. The molecule has 168 valence electrons. The third-order valence-electron chi connectivity index (χ3n) is 5.25. The molecule has 0 aliphatic carbocycles. The first-order valence-corrected chi connectivity index (χ1v) is 10.9. The molecule has 2 atom stereocenters. The molecule has 2 amide bonds. The number of hydrogen-bond donors (Lipinski definition) is 1. The number of ketones is 1. The number of halogens is 1. The van der Waals surface area contributed by atoms with E-state index >= 15 is 0 Å². The Morgan fingerprint density at radius 1 is 1.19 bits per heavy atom. The highest BCUT2D eigenvalue weighted by Crippen LogP contribution is 2.17. The van der Waals surface area contributed by atoms with Gasteiger partial charge < -0.3 is 15.0 Å². The molecule has 0 spiro atoms. The third kappa shape index (κ3) is 6.74. The number of benzene rings is 1. The van der Waals surface area contributed by atoms with Crippen molar-refractivity contribution in [3.05, 3.63) is 46.6 Å². The lowest BCUT2D eigenvalue weighted by atomic mass is 10.00. The average Bonchev–Trinajstić information content (AvgIpc) is 2.79. The highest BCUT2D eigenvalue weighted by molar-refractivity contribution is 6.42. The van der Waals surface area contributed by atoms with Crippen molar-refractivity contribution in [2.45, 2.75) is 52.7 Å². The van der Waals surface area contributed by atoms with Gasteiger partial charge in [-0.05, 0) is 39.2 Å². The number of likely N-dealkylation sites (tertiary alicyclic amines) is 1. The van der Waals surface area contributed by atoms with Gasteiger partial charge in [0.05, 0.1) is 12.1 Å². The van der Waals surface area contributed by atoms with Gasteiger partial charge in [-0.15, -0.1) is 0 Å². The van der Waals surface area contributed by atoms with E-state index in [1.165, 1.54) is 4.90 Å². The Bertz CT molecular complexity index is 867. The van der Waals surface area contributed by atoms with E-state index in [9.17, 15) is 14.4 Å². The predicted molar refractivity (Wildman–Crippen MR) is 121 cm³/mol. The molecule has 1 saturated heterocycles. The standard InChI is InChI=1S/C23H30ClN3O4/c1-5-15(3)21(24)25-16(4)22(29)26-18-12-13-27(14-19(18)31-6-2)23(30)20(28)17-10-8-7-9-11-17/h7-11,18-19H,5-6,12-14H2,1-4H3,(H,26,29)/b21-15+,25-16+/t18-,19?/m1/s1. The maximum Gasteiger partial charge on any atom is 0.295 e. The second-order valence-corrected chi connectivity index (χ2v) is 7.79. The Kier molecular flexibility index (Phi) is 9.40. The fraction of sp³-hybridized carbons (Fsp3) is 0.478. The Morgan fingerprint density at radius 3 is 2.48 bits per heavy atom. The van der Waals surface area contributed by atoms with Crippen molar-refractivity contribution in [2.75, 3.05) is 19.7 Å². The normalized spacial score (nSPS) is 20.2. The van der Waals surface area contributed by atoms with Crippen LogP contribution in [-0.2, 0) is 14.3 Å². The molecule has 31 heavy (non-hydrogen) atoms. The summed E-state index contributed by atoms with van der Waals surface area (Å²) >= 11 is 6.14. The molecule has 7 nitrogen and oxygen atoms in total. The molecule has 2 rings (SSSR count). The Morgan fingerprint density at radius 2 is 1.87 bits per heavy atom. The molecule has 0 saturated carbocycles. The van der Waals surface area contributed by atoms with Crippen LogP contribution in [0.15, 0.2) is 46.1 Å². The first-order chi connectivity index (χ1) is 14.8. The number of nitrogens with zero attached hydrogens (tertiary/aromatic N) is 2. The molecule has 0 radical (unpaired) electrons. The number of nitrogens with one attached hydrogen (secondary N) is 1. The van der Waals surface area contributed by atoms with E-state index in [1.807, 2.05) is 20.8 Å². The summed E-state index contributed by atoms with van der Waals surface area (Å²) in [6, 6.07) is 8.17. The molecule has 1 N–H and O–H groups in total. The fourth-order valence-electron chi connectivity index (χ4n) is 3.22. The second-order valence-electron chi connectivity index (χ2n) is 7.43. The van der Waals surface area contributed by atoms with Crippen LogP contribution in [0.2, 0.25) is 0 Å². The summed E-state index contributed by atoms with van der Waals surface area (Å²) in [4.78, 5) is 43.5. The zero-order valence-electron chi connectivity index (χ0n) is 18.5. The van der Waals surface area contributed by atoms with Gasteiger partial charge in [-0.2, -0.15) is 0 Å². The van der Waals surface area contributed by atoms with E-state index < -0.39 is 17.8 Å². The zero-order chi connectivity index (χ0) is 23.0. The van der Waals surface area contributed by atoms with Gasteiger partial charge in [-0.3, -0.25) is 14.4 Å². The van der Waals surface area contributed by atoms with Crippen LogP contribution < -0.4 is 5.32 Å². The first-order valence-electron chi connectivity index (χ1n) is 10.5. The summed E-state index contributed by atoms with van der Waals surface area (Å²) in [7, 11) is 0. The van der Waals surface area contributed by atoms with E-state index in [0.29, 0.717) is 30.3 Å². The summed E-state index contributed by atoms with van der Waals surface area (Å²) in [6.07, 6.45) is 0.791. The Labute approximate surface area is 188 Å². The van der Waals surface area contributed by atoms with E-state index in [0.717, 1.165) is 12.0 Å².